The van der Waals surface area contributed by atoms with E-state index in [2.05, 4.69) is 15.3 Å². The van der Waals surface area contributed by atoms with Crippen molar-refractivity contribution < 1.29 is 22.7 Å². The van der Waals surface area contributed by atoms with Crippen LogP contribution in [0.4, 0.5) is 30.4 Å². The van der Waals surface area contributed by atoms with Gasteiger partial charge in [-0.25, -0.2) is 23.1 Å². The zero-order valence-electron chi connectivity index (χ0n) is 23.1. The largest absolute Gasteiger partial charge is 0.496 e. The van der Waals surface area contributed by atoms with Gasteiger partial charge in [-0.05, 0) is 42.8 Å². The number of methoxy groups -OCH3 is 1. The molecule has 12 heteroatoms. The van der Waals surface area contributed by atoms with Crippen LogP contribution < -0.4 is 15.0 Å². The SMILES string of the molecule is COc1cc(N(C)c2ccc3nc(Cl)nc(N[C@H](C)c4cccc(C(F)F)c4F)c3c2)ccc1CC(=O)N(C)C.Cl. The standard InChI is InChI=1S/C29H29ClF3N5O2.ClH/c1-16(20-7-6-8-21(26(20)31)27(32)33)34-28-22-14-18(11-12-23(22)35-29(30)36-28)38(4)19-10-9-17(24(15-19)40-5)13-25(39)37(2)3;/h6-12,14-16,27H,13H2,1-5H3,(H,34,35,36);1H/t16-;/m1./s1. The van der Waals surface area contributed by atoms with Gasteiger partial charge < -0.3 is 19.9 Å². The maximum Gasteiger partial charge on any atom is 0.266 e. The van der Waals surface area contributed by atoms with Crippen molar-refractivity contribution in [2.24, 2.45) is 0 Å². The van der Waals surface area contributed by atoms with Crippen molar-refractivity contribution in [3.8, 4) is 5.75 Å². The second kappa shape index (κ2) is 13.3. The van der Waals surface area contributed by atoms with Crippen LogP contribution >= 0.6 is 24.0 Å². The van der Waals surface area contributed by atoms with Crippen LogP contribution in [0.5, 0.6) is 5.75 Å². The second-order valence-corrected chi connectivity index (χ2v) is 9.82. The van der Waals surface area contributed by atoms with Crippen molar-refractivity contribution in [1.82, 2.24) is 14.9 Å². The number of carbonyl (C=O) groups excluding carboxylic acids is 1. The molecule has 0 aliphatic carbocycles. The molecule has 1 heterocycles. The topological polar surface area (TPSA) is 70.6 Å². The molecule has 3 aromatic carbocycles. The molecule has 1 aromatic heterocycles. The summed E-state index contributed by atoms with van der Waals surface area (Å²) in [6, 6.07) is 14.3. The third-order valence-corrected chi connectivity index (χ3v) is 6.82. The van der Waals surface area contributed by atoms with E-state index < -0.39 is 23.8 Å². The van der Waals surface area contributed by atoms with Crippen LogP contribution in [0.15, 0.2) is 54.6 Å². The number of alkyl halides is 2. The molecular weight excluding hydrogens is 578 g/mol. The summed E-state index contributed by atoms with van der Waals surface area (Å²) >= 11 is 6.17. The zero-order chi connectivity index (χ0) is 29.1. The Labute approximate surface area is 247 Å². The minimum absolute atomic E-state index is 0. The minimum Gasteiger partial charge on any atom is -0.496 e. The number of nitrogens with one attached hydrogen (secondary N) is 1. The van der Waals surface area contributed by atoms with Gasteiger partial charge >= 0.3 is 0 Å². The number of fused-ring (bicyclic) bond motifs is 1. The van der Waals surface area contributed by atoms with Gasteiger partial charge in [0.25, 0.3) is 6.43 Å². The number of anilines is 3. The highest BCUT2D eigenvalue weighted by Crippen LogP contribution is 2.35. The van der Waals surface area contributed by atoms with Crippen LogP contribution in [-0.2, 0) is 11.2 Å². The van der Waals surface area contributed by atoms with Crippen molar-refractivity contribution in [1.29, 1.82) is 0 Å². The Bertz CT molecular complexity index is 1550. The summed E-state index contributed by atoms with van der Waals surface area (Å²) in [5, 5.41) is 3.70. The quantitative estimate of drug-likeness (QED) is 0.200. The minimum atomic E-state index is -2.93. The van der Waals surface area contributed by atoms with Gasteiger partial charge in [0, 0.05) is 55.1 Å². The molecule has 0 aliphatic rings. The average molecular weight is 608 g/mol. The number of carbonyl (C=O) groups is 1. The molecule has 4 rings (SSSR count). The van der Waals surface area contributed by atoms with E-state index in [-0.39, 0.29) is 35.6 Å². The van der Waals surface area contributed by atoms with Gasteiger partial charge in [0.2, 0.25) is 11.2 Å². The molecule has 41 heavy (non-hydrogen) atoms. The molecule has 0 fully saturated rings. The number of hydrogen-bond acceptors (Lipinski definition) is 6. The Hall–Kier alpha value is -3.76. The van der Waals surface area contributed by atoms with E-state index >= 15 is 0 Å². The third-order valence-electron chi connectivity index (χ3n) is 6.65. The fourth-order valence-corrected chi connectivity index (χ4v) is 4.49. The molecule has 0 spiro atoms. The number of amides is 1. The summed E-state index contributed by atoms with van der Waals surface area (Å²) in [4.78, 5) is 24.3. The second-order valence-electron chi connectivity index (χ2n) is 9.48. The number of likely N-dealkylation sites (N-methyl/N-ethyl adjacent to an activating group) is 1. The first-order valence-electron chi connectivity index (χ1n) is 12.4. The van der Waals surface area contributed by atoms with Crippen LogP contribution in [0, 0.1) is 5.82 Å². The molecule has 0 saturated carbocycles. The number of benzene rings is 3. The van der Waals surface area contributed by atoms with Crippen LogP contribution in [0.2, 0.25) is 5.28 Å². The fraction of sp³-hybridized carbons (Fsp3) is 0.276. The molecule has 1 N–H and O–H groups in total. The summed E-state index contributed by atoms with van der Waals surface area (Å²) in [6.07, 6.45) is -2.72. The lowest BCUT2D eigenvalue weighted by atomic mass is 10.0. The van der Waals surface area contributed by atoms with Gasteiger partial charge in [-0.2, -0.15) is 0 Å². The highest BCUT2D eigenvalue weighted by Gasteiger charge is 2.21. The first-order valence-corrected chi connectivity index (χ1v) is 12.8. The van der Waals surface area contributed by atoms with E-state index in [0.29, 0.717) is 22.5 Å². The highest BCUT2D eigenvalue weighted by atomic mass is 35.5. The van der Waals surface area contributed by atoms with Gasteiger partial charge in [-0.15, -0.1) is 12.4 Å². The molecule has 1 atom stereocenters. The maximum atomic E-state index is 14.8. The lowest BCUT2D eigenvalue weighted by Gasteiger charge is -2.23. The van der Waals surface area contributed by atoms with Crippen molar-refractivity contribution in [2.45, 2.75) is 25.8 Å². The number of ether oxygens (including phenoxy) is 1. The lowest BCUT2D eigenvalue weighted by Crippen LogP contribution is -2.23. The molecule has 218 valence electrons. The van der Waals surface area contributed by atoms with Crippen LogP contribution in [-0.4, -0.2) is 49.0 Å². The van der Waals surface area contributed by atoms with E-state index in [1.165, 1.54) is 17.0 Å². The number of hydrogen-bond donors (Lipinski definition) is 1. The monoisotopic (exact) mass is 607 g/mol. The van der Waals surface area contributed by atoms with Gasteiger partial charge in [0.1, 0.15) is 17.4 Å². The average Bonchev–Trinajstić information content (AvgIpc) is 2.92. The Balaban J connectivity index is 0.00000462. The number of nitrogens with zero attached hydrogens (tertiary/aromatic N) is 4. The van der Waals surface area contributed by atoms with Crippen molar-refractivity contribution in [3.05, 3.63) is 82.4 Å². The molecule has 0 saturated heterocycles. The van der Waals surface area contributed by atoms with E-state index in [1.807, 2.05) is 42.3 Å². The zero-order valence-corrected chi connectivity index (χ0v) is 24.7. The van der Waals surface area contributed by atoms with E-state index in [9.17, 15) is 18.0 Å². The van der Waals surface area contributed by atoms with E-state index in [4.69, 9.17) is 16.3 Å². The van der Waals surface area contributed by atoms with Crippen LogP contribution in [0.1, 0.15) is 36.1 Å². The van der Waals surface area contributed by atoms with Crippen molar-refractivity contribution >= 4 is 58.0 Å². The molecule has 4 aromatic rings. The van der Waals surface area contributed by atoms with Gasteiger partial charge in [-0.1, -0.05) is 24.3 Å². The molecular formula is C29H30Cl2F3N5O2. The predicted octanol–water partition coefficient (Wildman–Crippen LogP) is 7.36. The first kappa shape index (κ1) is 31.8. The van der Waals surface area contributed by atoms with E-state index in [1.54, 1.807) is 34.2 Å². The first-order chi connectivity index (χ1) is 19.0. The summed E-state index contributed by atoms with van der Waals surface area (Å²) in [7, 11) is 6.83. The smallest absolute Gasteiger partial charge is 0.266 e. The lowest BCUT2D eigenvalue weighted by molar-refractivity contribution is -0.127. The molecule has 0 radical (unpaired) electrons. The molecule has 0 unspecified atom stereocenters. The Kier molecular flexibility index (Phi) is 10.3. The molecule has 0 aliphatic heterocycles. The number of halogens is 5. The van der Waals surface area contributed by atoms with E-state index in [0.717, 1.165) is 23.0 Å². The summed E-state index contributed by atoms with van der Waals surface area (Å²) in [5.41, 5.74) is 2.31. The summed E-state index contributed by atoms with van der Waals surface area (Å²) < 4.78 is 46.9. The third kappa shape index (κ3) is 6.94. The Morgan fingerprint density at radius 2 is 1.68 bits per heavy atom. The molecule has 0 bridgehead atoms. The highest BCUT2D eigenvalue weighted by molar-refractivity contribution is 6.28. The van der Waals surface area contributed by atoms with Crippen LogP contribution in [0.3, 0.4) is 0 Å². The van der Waals surface area contributed by atoms with Gasteiger partial charge in [0.15, 0.2) is 0 Å². The number of rotatable bonds is 9. The fourth-order valence-electron chi connectivity index (χ4n) is 4.32. The summed E-state index contributed by atoms with van der Waals surface area (Å²) in [5.74, 6) is -0.0934. The van der Waals surface area contributed by atoms with Gasteiger partial charge in [0.05, 0.1) is 30.7 Å². The predicted molar refractivity (Wildman–Crippen MR) is 159 cm³/mol. The Morgan fingerprint density at radius 3 is 2.34 bits per heavy atom. The maximum absolute atomic E-state index is 14.8. The number of aromatic nitrogens is 2. The summed E-state index contributed by atoms with van der Waals surface area (Å²) in [6.45, 7) is 1.65. The van der Waals surface area contributed by atoms with Crippen LogP contribution in [0.25, 0.3) is 10.9 Å². The van der Waals surface area contributed by atoms with Crippen molar-refractivity contribution in [2.75, 3.05) is 38.5 Å². The Morgan fingerprint density at radius 1 is 1.02 bits per heavy atom. The van der Waals surface area contributed by atoms with Crippen molar-refractivity contribution in [3.63, 3.8) is 0 Å². The molecule has 7 nitrogen and oxygen atoms in total. The normalized spacial score (nSPS) is 11.7. The molecule has 1 amide bonds. The van der Waals surface area contributed by atoms with Gasteiger partial charge in [-0.3, -0.25) is 4.79 Å².